The second-order valence-electron chi connectivity index (χ2n) is 5.72. The Labute approximate surface area is 133 Å². The summed E-state index contributed by atoms with van der Waals surface area (Å²) < 4.78 is 5.24. The van der Waals surface area contributed by atoms with E-state index in [9.17, 15) is 0 Å². The Morgan fingerprint density at radius 2 is 1.91 bits per heavy atom. The first kappa shape index (κ1) is 13.6. The van der Waals surface area contributed by atoms with Crippen molar-refractivity contribution in [1.29, 1.82) is 0 Å². The number of nitrogens with zero attached hydrogens (tertiary/aromatic N) is 1. The molecule has 22 heavy (non-hydrogen) atoms. The number of aryl methyl sites for hydroxylation is 1. The summed E-state index contributed by atoms with van der Waals surface area (Å²) in [5.74, 6) is 0.867. The lowest BCUT2D eigenvalue weighted by molar-refractivity contribution is 0.415. The summed E-state index contributed by atoms with van der Waals surface area (Å²) in [6, 6.07) is 8.14. The molecule has 0 aliphatic heterocycles. The van der Waals surface area contributed by atoms with Crippen LogP contribution in [0.5, 0.6) is 5.75 Å². The lowest BCUT2D eigenvalue weighted by Gasteiger charge is -2.17. The fourth-order valence-corrected chi connectivity index (χ4v) is 4.23. The van der Waals surface area contributed by atoms with Crippen molar-refractivity contribution in [3.8, 4) is 16.9 Å². The number of nitrogen functional groups attached to an aromatic ring is 1. The molecule has 3 nitrogen and oxygen atoms in total. The van der Waals surface area contributed by atoms with Gasteiger partial charge >= 0.3 is 0 Å². The summed E-state index contributed by atoms with van der Waals surface area (Å²) in [6.45, 7) is 0. The average molecular weight is 310 g/mol. The van der Waals surface area contributed by atoms with E-state index in [1.807, 2.05) is 12.1 Å². The van der Waals surface area contributed by atoms with Crippen molar-refractivity contribution in [2.75, 3.05) is 12.8 Å². The van der Waals surface area contributed by atoms with Crippen LogP contribution in [0.3, 0.4) is 0 Å². The van der Waals surface area contributed by atoms with E-state index >= 15 is 0 Å². The molecule has 0 saturated heterocycles. The van der Waals surface area contributed by atoms with Crippen LogP contribution >= 0.6 is 11.3 Å². The number of methoxy groups -OCH3 is 1. The van der Waals surface area contributed by atoms with Gasteiger partial charge < -0.3 is 10.5 Å². The van der Waals surface area contributed by atoms with Crippen LogP contribution in [0.1, 0.15) is 24.1 Å². The van der Waals surface area contributed by atoms with Crippen molar-refractivity contribution in [3.05, 3.63) is 40.9 Å². The number of hydrogen-bond acceptors (Lipinski definition) is 4. The van der Waals surface area contributed by atoms with E-state index in [1.54, 1.807) is 18.4 Å². The highest BCUT2D eigenvalue weighted by molar-refractivity contribution is 7.17. The monoisotopic (exact) mass is 310 g/mol. The van der Waals surface area contributed by atoms with E-state index in [0.717, 1.165) is 40.1 Å². The Balaban J connectivity index is 1.91. The molecule has 0 bridgehead atoms. The highest BCUT2D eigenvalue weighted by atomic mass is 32.1. The van der Waals surface area contributed by atoms with Crippen molar-refractivity contribution in [2.45, 2.75) is 25.7 Å². The zero-order chi connectivity index (χ0) is 15.1. The van der Waals surface area contributed by atoms with Gasteiger partial charge in [0.15, 0.2) is 0 Å². The van der Waals surface area contributed by atoms with Crippen LogP contribution in [0.15, 0.2) is 29.6 Å². The standard InChI is InChI=1S/C18H18N2OS/c1-21-12-8-6-11(7-9-12)14-10-22-18-16(14)17(19)13-4-2-3-5-15(13)20-18/h6-10H,2-5H2,1H3,(H2,19,20). The largest absolute Gasteiger partial charge is 0.497 e. The quantitative estimate of drug-likeness (QED) is 0.761. The lowest BCUT2D eigenvalue weighted by Crippen LogP contribution is -2.08. The Kier molecular flexibility index (Phi) is 3.26. The number of fused-ring (bicyclic) bond motifs is 2. The molecule has 0 saturated carbocycles. The summed E-state index contributed by atoms with van der Waals surface area (Å²) in [4.78, 5) is 5.93. The van der Waals surface area contributed by atoms with Gasteiger partial charge in [0.25, 0.3) is 0 Å². The molecule has 2 heterocycles. The number of anilines is 1. The molecule has 0 amide bonds. The molecule has 1 aliphatic carbocycles. The third kappa shape index (κ3) is 2.06. The molecule has 0 fully saturated rings. The molecule has 2 aromatic heterocycles. The number of rotatable bonds is 2. The van der Waals surface area contributed by atoms with E-state index in [1.165, 1.54) is 29.7 Å². The molecule has 0 unspecified atom stereocenters. The van der Waals surface area contributed by atoms with Crippen molar-refractivity contribution < 1.29 is 4.74 Å². The Morgan fingerprint density at radius 3 is 2.68 bits per heavy atom. The van der Waals surface area contributed by atoms with Gasteiger partial charge in [-0.3, -0.25) is 0 Å². The minimum absolute atomic E-state index is 0.867. The van der Waals surface area contributed by atoms with Crippen LogP contribution in [0.25, 0.3) is 21.3 Å². The molecule has 1 aliphatic rings. The number of benzene rings is 1. The van der Waals surface area contributed by atoms with Gasteiger partial charge in [-0.1, -0.05) is 12.1 Å². The molecular weight excluding hydrogens is 292 g/mol. The summed E-state index contributed by atoms with van der Waals surface area (Å²) in [5.41, 5.74) is 12.3. The maximum absolute atomic E-state index is 6.52. The zero-order valence-electron chi connectivity index (χ0n) is 12.6. The van der Waals surface area contributed by atoms with Gasteiger partial charge in [0.1, 0.15) is 10.6 Å². The van der Waals surface area contributed by atoms with Gasteiger partial charge in [0, 0.05) is 27.7 Å². The highest BCUT2D eigenvalue weighted by Gasteiger charge is 2.19. The number of aromatic nitrogens is 1. The van der Waals surface area contributed by atoms with Crippen molar-refractivity contribution in [1.82, 2.24) is 4.98 Å². The van der Waals surface area contributed by atoms with Crippen molar-refractivity contribution in [3.63, 3.8) is 0 Å². The Bertz CT molecular complexity index is 836. The molecule has 2 N–H and O–H groups in total. The summed E-state index contributed by atoms with van der Waals surface area (Å²) in [6.07, 6.45) is 4.56. The third-order valence-electron chi connectivity index (χ3n) is 4.44. The van der Waals surface area contributed by atoms with E-state index in [-0.39, 0.29) is 0 Å². The van der Waals surface area contributed by atoms with Gasteiger partial charge in [-0.05, 0) is 48.9 Å². The SMILES string of the molecule is COc1ccc(-c2csc3nc4c(c(N)c23)CCCC4)cc1. The maximum atomic E-state index is 6.52. The van der Waals surface area contributed by atoms with Crippen LogP contribution < -0.4 is 10.5 Å². The molecule has 1 aromatic carbocycles. The second-order valence-corrected chi connectivity index (χ2v) is 6.57. The molecule has 0 radical (unpaired) electrons. The molecule has 112 valence electrons. The molecule has 0 atom stereocenters. The number of ether oxygens (including phenoxy) is 1. The minimum Gasteiger partial charge on any atom is -0.497 e. The molecular formula is C18H18N2OS. The van der Waals surface area contributed by atoms with Gasteiger partial charge in [0.05, 0.1) is 7.11 Å². The second kappa shape index (κ2) is 5.29. The normalized spacial score (nSPS) is 14.0. The first-order chi connectivity index (χ1) is 10.8. The van der Waals surface area contributed by atoms with E-state index in [2.05, 4.69) is 17.5 Å². The first-order valence-corrected chi connectivity index (χ1v) is 8.48. The number of thiophene rings is 1. The predicted molar refractivity (Wildman–Crippen MR) is 92.7 cm³/mol. The molecule has 0 spiro atoms. The summed E-state index contributed by atoms with van der Waals surface area (Å²) in [7, 11) is 1.68. The molecule has 4 heteroatoms. The Morgan fingerprint density at radius 1 is 1.14 bits per heavy atom. The van der Waals surface area contributed by atoms with Crippen LogP contribution in [0.4, 0.5) is 5.69 Å². The van der Waals surface area contributed by atoms with Gasteiger partial charge in [-0.15, -0.1) is 11.3 Å². The van der Waals surface area contributed by atoms with Gasteiger partial charge in [0.2, 0.25) is 0 Å². The van der Waals surface area contributed by atoms with E-state index in [0.29, 0.717) is 0 Å². The lowest BCUT2D eigenvalue weighted by atomic mass is 9.92. The first-order valence-electron chi connectivity index (χ1n) is 7.61. The topological polar surface area (TPSA) is 48.1 Å². The summed E-state index contributed by atoms with van der Waals surface area (Å²) in [5, 5.41) is 3.29. The highest BCUT2D eigenvalue weighted by Crippen LogP contribution is 2.40. The fraction of sp³-hybridized carbons (Fsp3) is 0.278. The van der Waals surface area contributed by atoms with Crippen molar-refractivity contribution >= 4 is 27.2 Å². The van der Waals surface area contributed by atoms with E-state index < -0.39 is 0 Å². The van der Waals surface area contributed by atoms with Crippen molar-refractivity contribution in [2.24, 2.45) is 0 Å². The third-order valence-corrected chi connectivity index (χ3v) is 5.31. The average Bonchev–Trinajstić information content (AvgIpc) is 2.99. The summed E-state index contributed by atoms with van der Waals surface area (Å²) >= 11 is 1.68. The van der Waals surface area contributed by atoms with Crippen LogP contribution in [-0.2, 0) is 12.8 Å². The van der Waals surface area contributed by atoms with E-state index in [4.69, 9.17) is 15.5 Å². The minimum atomic E-state index is 0.867. The van der Waals surface area contributed by atoms with Gasteiger partial charge in [-0.2, -0.15) is 0 Å². The number of nitrogens with two attached hydrogens (primary N) is 1. The predicted octanol–water partition coefficient (Wildman–Crippen LogP) is 4.43. The molecule has 3 aromatic rings. The smallest absolute Gasteiger partial charge is 0.126 e. The van der Waals surface area contributed by atoms with Crippen LogP contribution in [-0.4, -0.2) is 12.1 Å². The maximum Gasteiger partial charge on any atom is 0.126 e. The number of pyridine rings is 1. The Hall–Kier alpha value is -2.07. The fourth-order valence-electron chi connectivity index (χ4n) is 3.25. The van der Waals surface area contributed by atoms with Crippen LogP contribution in [0, 0.1) is 0 Å². The molecule has 4 rings (SSSR count). The van der Waals surface area contributed by atoms with Gasteiger partial charge in [-0.25, -0.2) is 4.98 Å². The number of hydrogen-bond donors (Lipinski definition) is 1. The zero-order valence-corrected chi connectivity index (χ0v) is 13.4. The van der Waals surface area contributed by atoms with Crippen LogP contribution in [0.2, 0.25) is 0 Å².